The number of halogens is 7. The molecule has 190 valence electrons. The Labute approximate surface area is 203 Å². The summed E-state index contributed by atoms with van der Waals surface area (Å²) in [5.74, 6) is 0. The highest BCUT2D eigenvalue weighted by Crippen LogP contribution is 2.41. The number of nitrogens with zero attached hydrogens (tertiary/aromatic N) is 2. The minimum atomic E-state index is -5.72. The first kappa shape index (κ1) is 27.0. The van der Waals surface area contributed by atoms with Gasteiger partial charge in [0.15, 0.2) is 0 Å². The molecule has 4 nitrogen and oxygen atoms in total. The van der Waals surface area contributed by atoms with E-state index in [9.17, 15) is 31.1 Å². The van der Waals surface area contributed by atoms with E-state index in [0.29, 0.717) is 24.4 Å². The Morgan fingerprint density at radius 1 is 1.15 bits per heavy atom. The molecule has 2 heterocycles. The number of ether oxygens (including phenoxy) is 1. The quantitative estimate of drug-likeness (QED) is 0.322. The van der Waals surface area contributed by atoms with Gasteiger partial charge in [0.1, 0.15) is 0 Å². The summed E-state index contributed by atoms with van der Waals surface area (Å²) in [6, 6.07) is 5.69. The van der Waals surface area contributed by atoms with E-state index in [1.165, 1.54) is 0 Å². The average molecular weight is 531 g/mol. The number of hydrogen-bond donors (Lipinski definition) is 0. The highest BCUT2D eigenvalue weighted by molar-refractivity contribution is 7.98. The van der Waals surface area contributed by atoms with Crippen molar-refractivity contribution in [3.63, 3.8) is 0 Å². The van der Waals surface area contributed by atoms with E-state index in [0.717, 1.165) is 34.9 Å². The SMILES string of the molecule is CSc1ccc(Cl)cc1/C=C/CN1CCC2(CCN(C(=O)OC(C(F)(F)F)C(F)(F)F)CC2)C1. The first-order valence-corrected chi connectivity index (χ1v) is 12.2. The van der Waals surface area contributed by atoms with E-state index in [-0.39, 0.29) is 18.5 Å². The lowest BCUT2D eigenvalue weighted by Crippen LogP contribution is -2.50. The largest absolute Gasteiger partial charge is 0.434 e. The lowest BCUT2D eigenvalue weighted by atomic mass is 9.78. The molecule has 2 fully saturated rings. The third kappa shape index (κ3) is 6.75. The number of hydrogen-bond acceptors (Lipinski definition) is 4. The number of likely N-dealkylation sites (tertiary alicyclic amines) is 2. The standard InChI is InChI=1S/C22H25ClF6N2O2S/c1-34-17-5-4-16(23)13-15(17)3-2-9-30-10-6-20(14-30)7-11-31(12-8-20)19(32)33-18(21(24,25)26)22(27,28)29/h2-5,13,18H,6-12,14H2,1H3/b3-2+. The predicted octanol–water partition coefficient (Wildman–Crippen LogP) is 6.49. The van der Waals surface area contributed by atoms with Crippen LogP contribution in [0.15, 0.2) is 29.2 Å². The lowest BCUT2D eigenvalue weighted by molar-refractivity contribution is -0.308. The maximum Gasteiger partial charge on any atom is 0.434 e. The van der Waals surface area contributed by atoms with Gasteiger partial charge in [-0.1, -0.05) is 23.8 Å². The van der Waals surface area contributed by atoms with Gasteiger partial charge < -0.3 is 9.64 Å². The molecule has 0 aliphatic carbocycles. The second-order valence-electron chi connectivity index (χ2n) is 8.61. The van der Waals surface area contributed by atoms with Crippen LogP contribution in [0.25, 0.3) is 6.08 Å². The minimum absolute atomic E-state index is 0.0601. The molecule has 3 rings (SSSR count). The van der Waals surface area contributed by atoms with Crippen molar-refractivity contribution in [2.24, 2.45) is 5.41 Å². The number of carbonyl (C=O) groups is 1. The first-order valence-electron chi connectivity index (χ1n) is 10.6. The average Bonchev–Trinajstić information content (AvgIpc) is 3.13. The summed E-state index contributed by atoms with van der Waals surface area (Å²) in [6.45, 7) is 2.39. The number of thioether (sulfide) groups is 1. The molecular formula is C22H25ClF6N2O2S. The van der Waals surface area contributed by atoms with E-state index in [4.69, 9.17) is 11.6 Å². The number of rotatable bonds is 5. The first-order chi connectivity index (χ1) is 15.8. The smallest absolute Gasteiger partial charge is 0.426 e. The van der Waals surface area contributed by atoms with E-state index in [1.54, 1.807) is 11.8 Å². The van der Waals surface area contributed by atoms with Gasteiger partial charge in [-0.05, 0) is 61.2 Å². The molecule has 0 bridgehead atoms. The van der Waals surface area contributed by atoms with Gasteiger partial charge >= 0.3 is 18.4 Å². The number of carbonyl (C=O) groups excluding carboxylic acids is 1. The molecule has 0 N–H and O–H groups in total. The summed E-state index contributed by atoms with van der Waals surface area (Å²) in [5.41, 5.74) is 0.912. The fraction of sp³-hybridized carbons (Fsp3) is 0.591. The van der Waals surface area contributed by atoms with E-state index in [1.807, 2.05) is 36.6 Å². The Hall–Kier alpha value is -1.59. The number of benzene rings is 1. The Balaban J connectivity index is 1.51. The number of piperidine rings is 1. The van der Waals surface area contributed by atoms with Gasteiger partial charge in [0.2, 0.25) is 0 Å². The van der Waals surface area contributed by atoms with Crippen molar-refractivity contribution in [3.8, 4) is 0 Å². The van der Waals surface area contributed by atoms with Crippen molar-refractivity contribution < 1.29 is 35.9 Å². The maximum absolute atomic E-state index is 12.7. The number of amides is 1. The second kappa shape index (κ2) is 10.6. The van der Waals surface area contributed by atoms with Crippen LogP contribution in [-0.2, 0) is 4.74 Å². The monoisotopic (exact) mass is 530 g/mol. The summed E-state index contributed by atoms with van der Waals surface area (Å²) in [7, 11) is 0. The fourth-order valence-electron chi connectivity index (χ4n) is 4.41. The summed E-state index contributed by atoms with van der Waals surface area (Å²) < 4.78 is 79.8. The van der Waals surface area contributed by atoms with Crippen molar-refractivity contribution in [1.29, 1.82) is 0 Å². The zero-order chi connectivity index (χ0) is 25.1. The molecular weight excluding hydrogens is 506 g/mol. The van der Waals surface area contributed by atoms with Crippen molar-refractivity contribution in [2.75, 3.05) is 39.0 Å². The molecule has 2 aliphatic rings. The minimum Gasteiger partial charge on any atom is -0.426 e. The maximum atomic E-state index is 12.7. The van der Waals surface area contributed by atoms with Gasteiger partial charge in [-0.15, -0.1) is 11.8 Å². The van der Waals surface area contributed by atoms with E-state index in [2.05, 4.69) is 9.64 Å². The molecule has 34 heavy (non-hydrogen) atoms. The topological polar surface area (TPSA) is 32.8 Å². The molecule has 1 aromatic carbocycles. The summed E-state index contributed by atoms with van der Waals surface area (Å²) >= 11 is 7.70. The van der Waals surface area contributed by atoms with Crippen LogP contribution in [0.2, 0.25) is 5.02 Å². The zero-order valence-electron chi connectivity index (χ0n) is 18.4. The van der Waals surface area contributed by atoms with Gasteiger partial charge in [0.05, 0.1) is 0 Å². The van der Waals surface area contributed by atoms with Crippen LogP contribution in [-0.4, -0.2) is 73.3 Å². The van der Waals surface area contributed by atoms with Crippen LogP contribution >= 0.6 is 23.4 Å². The molecule has 2 saturated heterocycles. The molecule has 0 aromatic heterocycles. The normalized spacial score (nSPS) is 19.5. The molecule has 1 aromatic rings. The van der Waals surface area contributed by atoms with Crippen LogP contribution in [0.5, 0.6) is 0 Å². The fourth-order valence-corrected chi connectivity index (χ4v) is 5.16. The van der Waals surface area contributed by atoms with Crippen LogP contribution in [0.3, 0.4) is 0 Å². The Bertz CT molecular complexity index is 886. The number of alkyl halides is 6. The second-order valence-corrected chi connectivity index (χ2v) is 9.89. The van der Waals surface area contributed by atoms with Gasteiger partial charge in [-0.2, -0.15) is 26.3 Å². The lowest BCUT2D eigenvalue weighted by Gasteiger charge is -2.39. The predicted molar refractivity (Wildman–Crippen MR) is 119 cm³/mol. The van der Waals surface area contributed by atoms with Crippen molar-refractivity contribution in [2.45, 2.75) is 42.6 Å². The van der Waals surface area contributed by atoms with Gasteiger partial charge in [0, 0.05) is 36.1 Å². The Kier molecular flexibility index (Phi) is 8.40. The highest BCUT2D eigenvalue weighted by Gasteiger charge is 2.60. The van der Waals surface area contributed by atoms with Gasteiger partial charge in [-0.3, -0.25) is 4.90 Å². The van der Waals surface area contributed by atoms with Gasteiger partial charge in [-0.25, -0.2) is 4.79 Å². The van der Waals surface area contributed by atoms with Gasteiger partial charge in [0.25, 0.3) is 6.10 Å². The van der Waals surface area contributed by atoms with Crippen molar-refractivity contribution in [1.82, 2.24) is 9.80 Å². The third-order valence-corrected chi connectivity index (χ3v) is 7.31. The summed E-state index contributed by atoms with van der Waals surface area (Å²) in [5, 5.41) is 0.652. The van der Waals surface area contributed by atoms with E-state index >= 15 is 0 Å². The molecule has 1 spiro atoms. The molecule has 1 amide bonds. The summed E-state index contributed by atoms with van der Waals surface area (Å²) in [4.78, 5) is 16.3. The van der Waals surface area contributed by atoms with Crippen LogP contribution in [0, 0.1) is 5.41 Å². The molecule has 0 saturated carbocycles. The Morgan fingerprint density at radius 2 is 1.76 bits per heavy atom. The molecule has 0 unspecified atom stereocenters. The van der Waals surface area contributed by atoms with Crippen LogP contribution < -0.4 is 0 Å². The molecule has 2 aliphatic heterocycles. The Morgan fingerprint density at radius 3 is 2.35 bits per heavy atom. The third-order valence-electron chi connectivity index (χ3n) is 6.27. The van der Waals surface area contributed by atoms with Crippen LogP contribution in [0.4, 0.5) is 31.1 Å². The highest BCUT2D eigenvalue weighted by atomic mass is 35.5. The van der Waals surface area contributed by atoms with Crippen molar-refractivity contribution >= 4 is 35.5 Å². The van der Waals surface area contributed by atoms with Crippen molar-refractivity contribution in [3.05, 3.63) is 34.9 Å². The molecule has 0 atom stereocenters. The van der Waals surface area contributed by atoms with Crippen LogP contribution in [0.1, 0.15) is 24.8 Å². The molecule has 0 radical (unpaired) electrons. The van der Waals surface area contributed by atoms with E-state index < -0.39 is 24.5 Å². The molecule has 12 heteroatoms. The zero-order valence-corrected chi connectivity index (χ0v) is 20.0. The summed E-state index contributed by atoms with van der Waals surface area (Å²) in [6.07, 6.45) is -9.25.